The van der Waals surface area contributed by atoms with Crippen LogP contribution in [0.3, 0.4) is 0 Å². The first-order valence-corrected chi connectivity index (χ1v) is 4.99. The van der Waals surface area contributed by atoms with Crippen LogP contribution in [-0.2, 0) is 6.42 Å². The first-order chi connectivity index (χ1) is 6.15. The standard InChI is InChI=1S/C12H19N/c1-4-11-5-7-12(8-6-11)9(2)10(3)13/h5-10H,4,13H2,1-3H3/t9?,10-/m0/s1. The van der Waals surface area contributed by atoms with Crippen LogP contribution in [0.5, 0.6) is 0 Å². The zero-order valence-electron chi connectivity index (χ0n) is 8.75. The van der Waals surface area contributed by atoms with Gasteiger partial charge < -0.3 is 5.73 Å². The largest absolute Gasteiger partial charge is 0.327 e. The number of aryl methyl sites for hydroxylation is 1. The Bertz CT molecular complexity index is 248. The maximum absolute atomic E-state index is 5.84. The van der Waals surface area contributed by atoms with Crippen molar-refractivity contribution in [3.8, 4) is 0 Å². The fourth-order valence-corrected chi connectivity index (χ4v) is 1.36. The molecule has 0 aromatic heterocycles. The molecule has 0 saturated heterocycles. The summed E-state index contributed by atoms with van der Waals surface area (Å²) in [4.78, 5) is 0. The highest BCUT2D eigenvalue weighted by Crippen LogP contribution is 2.18. The van der Waals surface area contributed by atoms with Crippen LogP contribution in [0.25, 0.3) is 0 Å². The van der Waals surface area contributed by atoms with E-state index in [9.17, 15) is 0 Å². The third kappa shape index (κ3) is 2.56. The third-order valence-corrected chi connectivity index (χ3v) is 2.70. The summed E-state index contributed by atoms with van der Waals surface area (Å²) < 4.78 is 0. The van der Waals surface area contributed by atoms with Gasteiger partial charge in [0.1, 0.15) is 0 Å². The van der Waals surface area contributed by atoms with Gasteiger partial charge in [0.25, 0.3) is 0 Å². The topological polar surface area (TPSA) is 26.0 Å². The van der Waals surface area contributed by atoms with E-state index in [1.165, 1.54) is 11.1 Å². The van der Waals surface area contributed by atoms with E-state index in [4.69, 9.17) is 5.73 Å². The van der Waals surface area contributed by atoms with E-state index in [2.05, 4.69) is 45.0 Å². The molecule has 0 saturated carbocycles. The summed E-state index contributed by atoms with van der Waals surface area (Å²) in [7, 11) is 0. The van der Waals surface area contributed by atoms with Crippen molar-refractivity contribution in [1.29, 1.82) is 0 Å². The lowest BCUT2D eigenvalue weighted by atomic mass is 9.94. The molecular formula is C12H19N. The first kappa shape index (κ1) is 10.3. The molecule has 1 aromatic carbocycles. The van der Waals surface area contributed by atoms with Crippen molar-refractivity contribution in [3.05, 3.63) is 35.4 Å². The number of hydrogen-bond donors (Lipinski definition) is 1. The molecule has 0 spiro atoms. The van der Waals surface area contributed by atoms with Crippen LogP contribution in [0.15, 0.2) is 24.3 Å². The predicted octanol–water partition coefficient (Wildman–Crippen LogP) is 2.70. The van der Waals surface area contributed by atoms with E-state index in [1.54, 1.807) is 0 Å². The smallest absolute Gasteiger partial charge is 0.00766 e. The number of rotatable bonds is 3. The Kier molecular flexibility index (Phi) is 3.49. The molecule has 0 radical (unpaired) electrons. The Labute approximate surface area is 81.0 Å². The van der Waals surface area contributed by atoms with Gasteiger partial charge in [0.15, 0.2) is 0 Å². The molecule has 1 rings (SSSR count). The maximum atomic E-state index is 5.84. The van der Waals surface area contributed by atoms with Gasteiger partial charge in [-0.05, 0) is 30.4 Å². The van der Waals surface area contributed by atoms with Gasteiger partial charge in [-0.2, -0.15) is 0 Å². The molecule has 1 heteroatoms. The summed E-state index contributed by atoms with van der Waals surface area (Å²) in [5.74, 6) is 0.450. The Morgan fingerprint density at radius 2 is 1.69 bits per heavy atom. The second-order valence-corrected chi connectivity index (χ2v) is 3.74. The van der Waals surface area contributed by atoms with Crippen molar-refractivity contribution in [2.24, 2.45) is 5.73 Å². The molecule has 0 bridgehead atoms. The Morgan fingerprint density at radius 3 is 2.08 bits per heavy atom. The van der Waals surface area contributed by atoms with E-state index in [-0.39, 0.29) is 6.04 Å². The Hall–Kier alpha value is -0.820. The summed E-state index contributed by atoms with van der Waals surface area (Å²) in [5.41, 5.74) is 8.57. The van der Waals surface area contributed by atoms with Crippen molar-refractivity contribution in [2.75, 3.05) is 0 Å². The van der Waals surface area contributed by atoms with Crippen LogP contribution in [0.4, 0.5) is 0 Å². The van der Waals surface area contributed by atoms with E-state index >= 15 is 0 Å². The number of hydrogen-bond acceptors (Lipinski definition) is 1. The van der Waals surface area contributed by atoms with Crippen molar-refractivity contribution in [2.45, 2.75) is 39.2 Å². The minimum Gasteiger partial charge on any atom is -0.327 e. The second-order valence-electron chi connectivity index (χ2n) is 3.74. The molecule has 0 fully saturated rings. The summed E-state index contributed by atoms with van der Waals surface area (Å²) in [6, 6.07) is 8.98. The summed E-state index contributed by atoms with van der Waals surface area (Å²) in [6.45, 7) is 6.40. The molecule has 1 nitrogen and oxygen atoms in total. The normalized spacial score (nSPS) is 15.4. The maximum Gasteiger partial charge on any atom is 0.00766 e. The lowest BCUT2D eigenvalue weighted by Gasteiger charge is -2.15. The van der Waals surface area contributed by atoms with E-state index in [0.717, 1.165) is 6.42 Å². The van der Waals surface area contributed by atoms with Crippen molar-refractivity contribution >= 4 is 0 Å². The molecule has 0 aliphatic heterocycles. The van der Waals surface area contributed by atoms with Crippen molar-refractivity contribution in [3.63, 3.8) is 0 Å². The highest BCUT2D eigenvalue weighted by Gasteiger charge is 2.09. The molecule has 72 valence electrons. The third-order valence-electron chi connectivity index (χ3n) is 2.70. The molecule has 2 N–H and O–H groups in total. The molecule has 0 aliphatic carbocycles. The van der Waals surface area contributed by atoms with Gasteiger partial charge in [-0.25, -0.2) is 0 Å². The van der Waals surface area contributed by atoms with Crippen LogP contribution in [0.1, 0.15) is 37.8 Å². The van der Waals surface area contributed by atoms with Crippen LogP contribution in [0.2, 0.25) is 0 Å². The Balaban J connectivity index is 2.79. The van der Waals surface area contributed by atoms with Gasteiger partial charge in [-0.3, -0.25) is 0 Å². The van der Waals surface area contributed by atoms with Crippen molar-refractivity contribution in [1.82, 2.24) is 0 Å². The molecule has 0 amide bonds. The molecule has 1 unspecified atom stereocenters. The van der Waals surface area contributed by atoms with E-state index < -0.39 is 0 Å². The minimum absolute atomic E-state index is 0.229. The lowest BCUT2D eigenvalue weighted by Crippen LogP contribution is -2.22. The van der Waals surface area contributed by atoms with Gasteiger partial charge >= 0.3 is 0 Å². The molecule has 2 atom stereocenters. The minimum atomic E-state index is 0.229. The van der Waals surface area contributed by atoms with Crippen LogP contribution < -0.4 is 5.73 Å². The fourth-order valence-electron chi connectivity index (χ4n) is 1.36. The monoisotopic (exact) mass is 177 g/mol. The van der Waals surface area contributed by atoms with E-state index in [1.807, 2.05) is 0 Å². The highest BCUT2D eigenvalue weighted by molar-refractivity contribution is 5.25. The van der Waals surface area contributed by atoms with Crippen LogP contribution in [0, 0.1) is 0 Å². The van der Waals surface area contributed by atoms with Gasteiger partial charge in [-0.1, -0.05) is 38.1 Å². The summed E-state index contributed by atoms with van der Waals surface area (Å²) in [5, 5.41) is 0. The van der Waals surface area contributed by atoms with Gasteiger partial charge in [-0.15, -0.1) is 0 Å². The lowest BCUT2D eigenvalue weighted by molar-refractivity contribution is 0.613. The Morgan fingerprint density at radius 1 is 1.15 bits per heavy atom. The zero-order chi connectivity index (χ0) is 9.84. The molecular weight excluding hydrogens is 158 g/mol. The zero-order valence-corrected chi connectivity index (χ0v) is 8.75. The summed E-state index contributed by atoms with van der Waals surface area (Å²) in [6.07, 6.45) is 1.10. The molecule has 1 aromatic rings. The van der Waals surface area contributed by atoms with Crippen molar-refractivity contribution < 1.29 is 0 Å². The highest BCUT2D eigenvalue weighted by atomic mass is 14.6. The number of nitrogens with two attached hydrogens (primary N) is 1. The van der Waals surface area contributed by atoms with Gasteiger partial charge in [0.2, 0.25) is 0 Å². The quantitative estimate of drug-likeness (QED) is 0.754. The van der Waals surface area contributed by atoms with E-state index in [0.29, 0.717) is 5.92 Å². The molecule has 0 aliphatic rings. The van der Waals surface area contributed by atoms with Crippen LogP contribution in [-0.4, -0.2) is 6.04 Å². The average molecular weight is 177 g/mol. The van der Waals surface area contributed by atoms with Gasteiger partial charge in [0, 0.05) is 6.04 Å². The second kappa shape index (κ2) is 4.43. The SMILES string of the molecule is CCc1ccc(C(C)[C@H](C)N)cc1. The van der Waals surface area contributed by atoms with Gasteiger partial charge in [0.05, 0.1) is 0 Å². The fraction of sp³-hybridized carbons (Fsp3) is 0.500. The number of benzene rings is 1. The van der Waals surface area contributed by atoms with Crippen LogP contribution >= 0.6 is 0 Å². The first-order valence-electron chi connectivity index (χ1n) is 4.99. The average Bonchev–Trinajstić information content (AvgIpc) is 2.17. The molecule has 0 heterocycles. The molecule has 13 heavy (non-hydrogen) atoms. The summed E-state index contributed by atoms with van der Waals surface area (Å²) >= 11 is 0. The predicted molar refractivity (Wildman–Crippen MR) is 57.9 cm³/mol.